The van der Waals surface area contributed by atoms with E-state index in [-0.39, 0.29) is 10.3 Å². The molecular formula is C14H19N3O2S. The summed E-state index contributed by atoms with van der Waals surface area (Å²) >= 11 is 0. The van der Waals surface area contributed by atoms with Crippen LogP contribution in [0.25, 0.3) is 0 Å². The van der Waals surface area contributed by atoms with Gasteiger partial charge in [0, 0.05) is 18.5 Å². The van der Waals surface area contributed by atoms with Gasteiger partial charge < -0.3 is 0 Å². The third-order valence-electron chi connectivity index (χ3n) is 2.94. The van der Waals surface area contributed by atoms with Crippen LogP contribution in [-0.4, -0.2) is 18.2 Å². The minimum Gasteiger partial charge on any atom is -0.264 e. The smallest absolute Gasteiger partial charge is 0.263 e. The van der Waals surface area contributed by atoms with Crippen molar-refractivity contribution >= 4 is 15.8 Å². The maximum absolute atomic E-state index is 12.3. The number of benzene rings is 1. The van der Waals surface area contributed by atoms with Gasteiger partial charge in [-0.05, 0) is 12.1 Å². The van der Waals surface area contributed by atoms with Gasteiger partial charge in [-0.1, -0.05) is 39.0 Å². The molecule has 0 saturated heterocycles. The van der Waals surface area contributed by atoms with E-state index in [1.165, 1.54) is 0 Å². The molecule has 5 nitrogen and oxygen atoms in total. The quantitative estimate of drug-likeness (QED) is 0.945. The van der Waals surface area contributed by atoms with Gasteiger partial charge in [-0.25, -0.2) is 8.42 Å². The van der Waals surface area contributed by atoms with Crippen molar-refractivity contribution in [1.82, 2.24) is 9.78 Å². The molecule has 20 heavy (non-hydrogen) atoms. The highest BCUT2D eigenvalue weighted by atomic mass is 32.2. The summed E-state index contributed by atoms with van der Waals surface area (Å²) in [6.45, 7) is 6.10. The molecular weight excluding hydrogens is 274 g/mol. The standard InChI is InChI=1S/C14H19N3O2S/c1-14(2,3)12-10-13(17(4)15-12)16-20(18,19)11-8-6-5-7-9-11/h5-10,16H,1-4H3. The summed E-state index contributed by atoms with van der Waals surface area (Å²) in [5.74, 6) is 0.457. The van der Waals surface area contributed by atoms with Crippen LogP contribution in [0.3, 0.4) is 0 Å². The van der Waals surface area contributed by atoms with E-state index in [9.17, 15) is 8.42 Å². The van der Waals surface area contributed by atoms with Crippen LogP contribution in [-0.2, 0) is 22.5 Å². The van der Waals surface area contributed by atoms with Crippen LogP contribution in [0.4, 0.5) is 5.82 Å². The van der Waals surface area contributed by atoms with Crippen molar-refractivity contribution in [2.75, 3.05) is 4.72 Å². The van der Waals surface area contributed by atoms with E-state index in [1.807, 2.05) is 20.8 Å². The molecule has 6 heteroatoms. The summed E-state index contributed by atoms with van der Waals surface area (Å²) in [5, 5.41) is 4.35. The van der Waals surface area contributed by atoms with Gasteiger partial charge in [0.15, 0.2) is 0 Å². The SMILES string of the molecule is Cn1nc(C(C)(C)C)cc1NS(=O)(=O)c1ccccc1. The van der Waals surface area contributed by atoms with Gasteiger partial charge >= 0.3 is 0 Å². The van der Waals surface area contributed by atoms with Gasteiger partial charge in [0.1, 0.15) is 5.82 Å². The van der Waals surface area contributed by atoms with Gasteiger partial charge in [-0.3, -0.25) is 9.40 Å². The Balaban J connectivity index is 2.34. The zero-order valence-electron chi connectivity index (χ0n) is 12.1. The number of aromatic nitrogens is 2. The first-order valence-corrected chi connectivity index (χ1v) is 7.81. The average Bonchev–Trinajstić information content (AvgIpc) is 2.71. The Morgan fingerprint density at radius 3 is 2.25 bits per heavy atom. The van der Waals surface area contributed by atoms with E-state index < -0.39 is 10.0 Å². The summed E-state index contributed by atoms with van der Waals surface area (Å²) < 4.78 is 28.6. The van der Waals surface area contributed by atoms with Gasteiger partial charge in [0.05, 0.1) is 10.6 Å². The van der Waals surface area contributed by atoms with Crippen molar-refractivity contribution in [3.05, 3.63) is 42.1 Å². The highest BCUT2D eigenvalue weighted by Gasteiger charge is 2.21. The monoisotopic (exact) mass is 293 g/mol. The molecule has 0 unspecified atom stereocenters. The van der Waals surface area contributed by atoms with Crippen molar-refractivity contribution in [3.63, 3.8) is 0 Å². The molecule has 1 heterocycles. The van der Waals surface area contributed by atoms with E-state index in [0.717, 1.165) is 5.69 Å². The minimum absolute atomic E-state index is 0.131. The number of aryl methyl sites for hydroxylation is 1. The molecule has 0 radical (unpaired) electrons. The largest absolute Gasteiger partial charge is 0.264 e. The third kappa shape index (κ3) is 3.01. The summed E-state index contributed by atoms with van der Waals surface area (Å²) in [5.41, 5.74) is 0.708. The molecule has 108 valence electrons. The fraction of sp³-hybridized carbons (Fsp3) is 0.357. The molecule has 0 spiro atoms. The third-order valence-corrected chi connectivity index (χ3v) is 4.31. The Labute approximate surface area is 119 Å². The first-order chi connectivity index (χ1) is 9.20. The zero-order valence-corrected chi connectivity index (χ0v) is 12.9. The van der Waals surface area contributed by atoms with Gasteiger partial charge in [0.25, 0.3) is 10.0 Å². The Morgan fingerprint density at radius 2 is 1.75 bits per heavy atom. The maximum atomic E-state index is 12.3. The summed E-state index contributed by atoms with van der Waals surface area (Å²) in [7, 11) is -1.86. The van der Waals surface area contributed by atoms with Crippen LogP contribution >= 0.6 is 0 Å². The molecule has 0 aliphatic rings. The van der Waals surface area contributed by atoms with Crippen molar-refractivity contribution in [2.45, 2.75) is 31.1 Å². The predicted molar refractivity (Wildman–Crippen MR) is 79.2 cm³/mol. The fourth-order valence-electron chi connectivity index (χ4n) is 1.73. The first-order valence-electron chi connectivity index (χ1n) is 6.32. The number of anilines is 1. The van der Waals surface area contributed by atoms with Crippen molar-refractivity contribution in [1.29, 1.82) is 0 Å². The van der Waals surface area contributed by atoms with E-state index in [0.29, 0.717) is 5.82 Å². The number of hydrogen-bond donors (Lipinski definition) is 1. The summed E-state index contributed by atoms with van der Waals surface area (Å²) in [4.78, 5) is 0.235. The van der Waals surface area contributed by atoms with E-state index in [2.05, 4.69) is 9.82 Å². The topological polar surface area (TPSA) is 64.0 Å². The molecule has 1 N–H and O–H groups in total. The second-order valence-corrected chi connectivity index (χ2v) is 7.39. The lowest BCUT2D eigenvalue weighted by Gasteiger charge is -2.13. The molecule has 0 aliphatic heterocycles. The summed E-state index contributed by atoms with van der Waals surface area (Å²) in [6, 6.07) is 10.0. The second kappa shape index (κ2) is 4.94. The predicted octanol–water partition coefficient (Wildman–Crippen LogP) is 2.52. The molecule has 0 aliphatic carbocycles. The van der Waals surface area contributed by atoms with Crippen molar-refractivity contribution in [3.8, 4) is 0 Å². The van der Waals surface area contributed by atoms with Crippen molar-refractivity contribution < 1.29 is 8.42 Å². The normalized spacial score (nSPS) is 12.4. The Bertz CT molecular complexity index is 698. The van der Waals surface area contributed by atoms with Crippen LogP contribution < -0.4 is 4.72 Å². The lowest BCUT2D eigenvalue weighted by molar-refractivity contribution is 0.553. The number of sulfonamides is 1. The van der Waals surface area contributed by atoms with Crippen LogP contribution in [0.1, 0.15) is 26.5 Å². The van der Waals surface area contributed by atoms with Crippen LogP contribution in [0.15, 0.2) is 41.3 Å². The lowest BCUT2D eigenvalue weighted by atomic mass is 9.92. The first kappa shape index (κ1) is 14.6. The molecule has 2 rings (SSSR count). The molecule has 0 amide bonds. The number of rotatable bonds is 3. The Hall–Kier alpha value is -1.82. The Kier molecular flexibility index (Phi) is 3.60. The number of hydrogen-bond acceptors (Lipinski definition) is 3. The van der Waals surface area contributed by atoms with Crippen LogP contribution in [0, 0.1) is 0 Å². The molecule has 2 aromatic rings. The van der Waals surface area contributed by atoms with Gasteiger partial charge in [-0.2, -0.15) is 5.10 Å². The zero-order chi connectivity index (χ0) is 15.0. The number of nitrogens with one attached hydrogen (secondary N) is 1. The molecule has 0 saturated carbocycles. The van der Waals surface area contributed by atoms with Crippen LogP contribution in [0.5, 0.6) is 0 Å². The summed E-state index contributed by atoms with van der Waals surface area (Å²) in [6.07, 6.45) is 0. The van der Waals surface area contributed by atoms with Crippen LogP contribution in [0.2, 0.25) is 0 Å². The average molecular weight is 293 g/mol. The van der Waals surface area contributed by atoms with E-state index in [4.69, 9.17) is 0 Å². The number of nitrogens with zero attached hydrogens (tertiary/aromatic N) is 2. The maximum Gasteiger partial charge on any atom is 0.263 e. The minimum atomic E-state index is -3.58. The van der Waals surface area contributed by atoms with Gasteiger partial charge in [0.2, 0.25) is 0 Å². The van der Waals surface area contributed by atoms with E-state index >= 15 is 0 Å². The van der Waals surface area contributed by atoms with Crippen molar-refractivity contribution in [2.24, 2.45) is 7.05 Å². The lowest BCUT2D eigenvalue weighted by Crippen LogP contribution is -2.15. The molecule has 0 fully saturated rings. The second-order valence-electron chi connectivity index (χ2n) is 5.71. The highest BCUT2D eigenvalue weighted by molar-refractivity contribution is 7.92. The molecule has 0 atom stereocenters. The van der Waals surface area contributed by atoms with Gasteiger partial charge in [-0.15, -0.1) is 0 Å². The molecule has 1 aromatic carbocycles. The Morgan fingerprint density at radius 1 is 1.15 bits per heavy atom. The molecule has 0 bridgehead atoms. The highest BCUT2D eigenvalue weighted by Crippen LogP contribution is 2.24. The van der Waals surface area contributed by atoms with E-state index in [1.54, 1.807) is 48.1 Å². The fourth-order valence-corrected chi connectivity index (χ4v) is 2.83. The molecule has 1 aromatic heterocycles.